The van der Waals surface area contributed by atoms with E-state index in [1.807, 2.05) is 36.4 Å². The third-order valence-corrected chi connectivity index (χ3v) is 2.42. The molecule has 1 aromatic carbocycles. The van der Waals surface area contributed by atoms with Gasteiger partial charge in [0.1, 0.15) is 5.52 Å². The second-order valence-corrected chi connectivity index (χ2v) is 3.69. The monoisotopic (exact) mass is 238 g/mol. The number of nitrogens with one attached hydrogen (secondary N) is 1. The molecule has 2 heterocycles. The fourth-order valence-electron chi connectivity index (χ4n) is 1.55. The molecule has 6 heteroatoms. The highest BCUT2D eigenvalue weighted by molar-refractivity contribution is 5.73. The number of para-hydroxylation sites is 1. The van der Waals surface area contributed by atoms with Crippen LogP contribution in [0.15, 0.2) is 42.6 Å². The molecule has 0 spiro atoms. The molecule has 0 atom stereocenters. The Hall–Kier alpha value is -2.63. The Morgan fingerprint density at radius 3 is 2.61 bits per heavy atom. The van der Waals surface area contributed by atoms with Gasteiger partial charge in [0.2, 0.25) is 5.95 Å². The van der Waals surface area contributed by atoms with Crippen molar-refractivity contribution in [1.82, 2.24) is 25.4 Å². The van der Waals surface area contributed by atoms with Gasteiger partial charge in [0.25, 0.3) is 0 Å². The van der Waals surface area contributed by atoms with Gasteiger partial charge in [0.05, 0.1) is 17.8 Å². The molecule has 0 unspecified atom stereocenters. The molecule has 1 N–H and O–H groups in total. The minimum atomic E-state index is 0.486. The maximum absolute atomic E-state index is 4.36. The first-order chi connectivity index (χ1) is 8.92. The fraction of sp³-hybridized carbons (Fsp3) is 0.0833. The molecule has 0 saturated carbocycles. The standard InChI is InChI=1S/C12H10N6/c1-2-6-11-10(5-1)15-12(18-17-11)13-8-9-4-3-7-14-16-9/h1-7H,8H2,(H,13,15,18). The van der Waals surface area contributed by atoms with Gasteiger partial charge in [0.15, 0.2) is 0 Å². The van der Waals surface area contributed by atoms with Crippen LogP contribution in [0, 0.1) is 0 Å². The maximum atomic E-state index is 4.36. The van der Waals surface area contributed by atoms with E-state index in [2.05, 4.69) is 30.7 Å². The van der Waals surface area contributed by atoms with Crippen molar-refractivity contribution >= 4 is 17.0 Å². The van der Waals surface area contributed by atoms with E-state index in [0.717, 1.165) is 16.7 Å². The number of nitrogens with zero attached hydrogens (tertiary/aromatic N) is 5. The number of hydrogen-bond acceptors (Lipinski definition) is 6. The third kappa shape index (κ3) is 2.22. The van der Waals surface area contributed by atoms with Gasteiger partial charge in [-0.15, -0.1) is 10.2 Å². The number of anilines is 1. The Bertz CT molecular complexity index is 655. The van der Waals surface area contributed by atoms with E-state index in [1.165, 1.54) is 0 Å². The van der Waals surface area contributed by atoms with Crippen molar-refractivity contribution in [2.75, 3.05) is 5.32 Å². The zero-order valence-corrected chi connectivity index (χ0v) is 9.48. The van der Waals surface area contributed by atoms with Crippen molar-refractivity contribution in [1.29, 1.82) is 0 Å². The van der Waals surface area contributed by atoms with Crippen LogP contribution < -0.4 is 5.32 Å². The van der Waals surface area contributed by atoms with Crippen molar-refractivity contribution in [3.63, 3.8) is 0 Å². The lowest BCUT2D eigenvalue weighted by molar-refractivity contribution is 0.904. The molecular formula is C12H10N6. The fourth-order valence-corrected chi connectivity index (χ4v) is 1.55. The first-order valence-electron chi connectivity index (χ1n) is 5.52. The van der Waals surface area contributed by atoms with E-state index in [-0.39, 0.29) is 0 Å². The van der Waals surface area contributed by atoms with E-state index in [9.17, 15) is 0 Å². The minimum Gasteiger partial charge on any atom is -0.347 e. The van der Waals surface area contributed by atoms with Crippen LogP contribution in [0.4, 0.5) is 5.95 Å². The van der Waals surface area contributed by atoms with Gasteiger partial charge in [-0.25, -0.2) is 4.98 Å². The SMILES string of the molecule is c1cnnc(CNc2nnc3ccccc3n2)c1. The van der Waals surface area contributed by atoms with Crippen LogP contribution >= 0.6 is 0 Å². The molecule has 3 aromatic rings. The Labute approximate surface area is 103 Å². The predicted molar refractivity (Wildman–Crippen MR) is 66.7 cm³/mol. The van der Waals surface area contributed by atoms with Gasteiger partial charge in [0, 0.05) is 6.20 Å². The average molecular weight is 238 g/mol. The van der Waals surface area contributed by atoms with Gasteiger partial charge in [-0.1, -0.05) is 12.1 Å². The number of aromatic nitrogens is 5. The summed E-state index contributed by atoms with van der Waals surface area (Å²) < 4.78 is 0. The molecular weight excluding hydrogens is 228 g/mol. The number of benzene rings is 1. The highest BCUT2D eigenvalue weighted by atomic mass is 15.2. The molecule has 0 aliphatic carbocycles. The van der Waals surface area contributed by atoms with Crippen LogP contribution in [0.1, 0.15) is 5.69 Å². The molecule has 2 aromatic heterocycles. The summed E-state index contributed by atoms with van der Waals surface area (Å²) in [4.78, 5) is 4.36. The van der Waals surface area contributed by atoms with Crippen LogP contribution in [-0.2, 0) is 6.54 Å². The average Bonchev–Trinajstić information content (AvgIpc) is 2.46. The smallest absolute Gasteiger partial charge is 0.243 e. The van der Waals surface area contributed by atoms with Crippen LogP contribution in [-0.4, -0.2) is 25.4 Å². The summed E-state index contributed by atoms with van der Waals surface area (Å²) in [6.45, 7) is 0.522. The molecule has 18 heavy (non-hydrogen) atoms. The van der Waals surface area contributed by atoms with Crippen LogP contribution in [0.5, 0.6) is 0 Å². The zero-order valence-electron chi connectivity index (χ0n) is 9.48. The summed E-state index contributed by atoms with van der Waals surface area (Å²) in [6, 6.07) is 11.3. The Kier molecular flexibility index (Phi) is 2.75. The van der Waals surface area contributed by atoms with Crippen LogP contribution in [0.3, 0.4) is 0 Å². The molecule has 0 saturated heterocycles. The van der Waals surface area contributed by atoms with Crippen molar-refractivity contribution in [2.24, 2.45) is 0 Å². The number of fused-ring (bicyclic) bond motifs is 1. The minimum absolute atomic E-state index is 0.486. The third-order valence-electron chi connectivity index (χ3n) is 2.42. The molecule has 3 rings (SSSR count). The van der Waals surface area contributed by atoms with Gasteiger partial charge >= 0.3 is 0 Å². The number of rotatable bonds is 3. The van der Waals surface area contributed by atoms with Crippen LogP contribution in [0.2, 0.25) is 0 Å². The van der Waals surface area contributed by atoms with Gasteiger partial charge in [-0.3, -0.25) is 0 Å². The molecule has 6 nitrogen and oxygen atoms in total. The highest BCUT2D eigenvalue weighted by Crippen LogP contribution is 2.09. The Balaban J connectivity index is 1.79. The molecule has 88 valence electrons. The van der Waals surface area contributed by atoms with E-state index < -0.39 is 0 Å². The van der Waals surface area contributed by atoms with E-state index in [4.69, 9.17) is 0 Å². The molecule has 0 bridgehead atoms. The van der Waals surface area contributed by atoms with E-state index in [0.29, 0.717) is 12.5 Å². The topological polar surface area (TPSA) is 76.5 Å². The van der Waals surface area contributed by atoms with Gasteiger partial charge < -0.3 is 5.32 Å². The lowest BCUT2D eigenvalue weighted by atomic mass is 10.3. The zero-order chi connectivity index (χ0) is 12.2. The predicted octanol–water partition coefficient (Wildman–Crippen LogP) is 1.43. The second-order valence-electron chi connectivity index (χ2n) is 3.69. The summed E-state index contributed by atoms with van der Waals surface area (Å²) in [5, 5.41) is 18.9. The lowest BCUT2D eigenvalue weighted by Gasteiger charge is -2.03. The Morgan fingerprint density at radius 1 is 0.889 bits per heavy atom. The second kappa shape index (κ2) is 4.70. The van der Waals surface area contributed by atoms with Gasteiger partial charge in [-0.05, 0) is 24.3 Å². The summed E-state index contributed by atoms with van der Waals surface area (Å²) in [6.07, 6.45) is 1.64. The quantitative estimate of drug-likeness (QED) is 0.743. The van der Waals surface area contributed by atoms with Gasteiger partial charge in [-0.2, -0.15) is 10.2 Å². The molecule has 0 aliphatic heterocycles. The highest BCUT2D eigenvalue weighted by Gasteiger charge is 2.01. The first kappa shape index (κ1) is 10.5. The largest absolute Gasteiger partial charge is 0.347 e. The maximum Gasteiger partial charge on any atom is 0.243 e. The molecule has 0 fully saturated rings. The number of hydrogen-bond donors (Lipinski definition) is 1. The van der Waals surface area contributed by atoms with E-state index >= 15 is 0 Å². The summed E-state index contributed by atoms with van der Waals surface area (Å²) in [5.74, 6) is 0.486. The van der Waals surface area contributed by atoms with Crippen molar-refractivity contribution in [2.45, 2.75) is 6.54 Å². The Morgan fingerprint density at radius 2 is 1.78 bits per heavy atom. The summed E-state index contributed by atoms with van der Waals surface area (Å²) >= 11 is 0. The van der Waals surface area contributed by atoms with Crippen LogP contribution in [0.25, 0.3) is 11.0 Å². The molecule has 0 amide bonds. The van der Waals surface area contributed by atoms with E-state index in [1.54, 1.807) is 6.20 Å². The normalized spacial score (nSPS) is 10.4. The van der Waals surface area contributed by atoms with Crippen molar-refractivity contribution < 1.29 is 0 Å². The van der Waals surface area contributed by atoms with Crippen molar-refractivity contribution in [3.05, 3.63) is 48.3 Å². The first-order valence-corrected chi connectivity index (χ1v) is 5.52. The summed E-state index contributed by atoms with van der Waals surface area (Å²) in [7, 11) is 0. The summed E-state index contributed by atoms with van der Waals surface area (Å²) in [5.41, 5.74) is 2.42. The lowest BCUT2D eigenvalue weighted by Crippen LogP contribution is -2.06. The molecule has 0 aliphatic rings. The molecule has 0 radical (unpaired) electrons. The van der Waals surface area contributed by atoms with Crippen molar-refractivity contribution in [3.8, 4) is 0 Å².